The van der Waals surface area contributed by atoms with Gasteiger partial charge in [-0.05, 0) is 38.1 Å². The zero-order chi connectivity index (χ0) is 12.6. The van der Waals surface area contributed by atoms with E-state index in [1.165, 1.54) is 19.3 Å². The van der Waals surface area contributed by atoms with E-state index in [-0.39, 0.29) is 5.41 Å². The normalized spacial score (nSPS) is 34.7. The Labute approximate surface area is 106 Å². The van der Waals surface area contributed by atoms with Gasteiger partial charge < -0.3 is 4.90 Å². The van der Waals surface area contributed by atoms with Crippen molar-refractivity contribution in [3.05, 3.63) is 0 Å². The van der Waals surface area contributed by atoms with Crippen molar-refractivity contribution < 1.29 is 4.79 Å². The maximum Gasteiger partial charge on any atom is 0.136 e. The number of rotatable bonds is 2. The van der Waals surface area contributed by atoms with Gasteiger partial charge in [-0.25, -0.2) is 0 Å². The number of nitrogens with zero attached hydrogens (tertiary/aromatic N) is 1. The van der Waals surface area contributed by atoms with E-state index in [9.17, 15) is 4.79 Å². The average molecular weight is 237 g/mol. The fraction of sp³-hybridized carbons (Fsp3) is 0.933. The molecule has 2 atom stereocenters. The van der Waals surface area contributed by atoms with Crippen LogP contribution in [0.5, 0.6) is 0 Å². The molecule has 0 N–H and O–H groups in total. The first kappa shape index (κ1) is 13.1. The Bertz CT molecular complexity index is 278. The summed E-state index contributed by atoms with van der Waals surface area (Å²) in [5.74, 6) is 0.864. The number of carbonyl (C=O) groups is 1. The predicted molar refractivity (Wildman–Crippen MR) is 71.0 cm³/mol. The van der Waals surface area contributed by atoms with E-state index in [1.807, 2.05) is 0 Å². The largest absolute Gasteiger partial charge is 0.300 e. The van der Waals surface area contributed by atoms with Gasteiger partial charge in [-0.1, -0.05) is 27.2 Å². The predicted octanol–water partition coefficient (Wildman–Crippen LogP) is 3.25. The van der Waals surface area contributed by atoms with Crippen LogP contribution in [0.3, 0.4) is 0 Å². The number of hydrogen-bond acceptors (Lipinski definition) is 2. The van der Waals surface area contributed by atoms with Gasteiger partial charge in [-0.2, -0.15) is 0 Å². The van der Waals surface area contributed by atoms with Crippen molar-refractivity contribution in [3.63, 3.8) is 0 Å². The Kier molecular flexibility index (Phi) is 3.63. The molecule has 0 spiro atoms. The van der Waals surface area contributed by atoms with Crippen LogP contribution in [0.2, 0.25) is 0 Å². The molecule has 2 heteroatoms. The number of fused-ring (bicyclic) bond motifs is 2. The summed E-state index contributed by atoms with van der Waals surface area (Å²) < 4.78 is 0. The van der Waals surface area contributed by atoms with E-state index >= 15 is 0 Å². The summed E-state index contributed by atoms with van der Waals surface area (Å²) in [5.41, 5.74) is 0.148. The minimum Gasteiger partial charge on any atom is -0.300 e. The molecule has 2 bridgehead atoms. The highest BCUT2D eigenvalue weighted by Crippen LogP contribution is 2.37. The summed E-state index contributed by atoms with van der Waals surface area (Å²) in [6, 6.07) is 1.35. The van der Waals surface area contributed by atoms with E-state index in [1.54, 1.807) is 0 Å². The highest BCUT2D eigenvalue weighted by molar-refractivity contribution is 5.81. The number of carbonyl (C=O) groups excluding carboxylic acids is 1. The Morgan fingerprint density at radius 1 is 1.18 bits per heavy atom. The molecule has 0 aromatic heterocycles. The third-order valence-electron chi connectivity index (χ3n) is 4.50. The second-order valence-corrected chi connectivity index (χ2v) is 7.28. The summed E-state index contributed by atoms with van der Waals surface area (Å²) in [5, 5.41) is 0. The molecule has 2 rings (SSSR count). The van der Waals surface area contributed by atoms with Crippen LogP contribution in [0, 0.1) is 11.3 Å². The van der Waals surface area contributed by atoms with Crippen LogP contribution >= 0.6 is 0 Å². The summed E-state index contributed by atoms with van der Waals surface area (Å²) in [4.78, 5) is 14.9. The molecule has 2 saturated heterocycles. The number of hydrogen-bond donors (Lipinski definition) is 0. The molecule has 0 aromatic rings. The van der Waals surface area contributed by atoms with Crippen LogP contribution in [0.15, 0.2) is 0 Å². The fourth-order valence-corrected chi connectivity index (χ4v) is 3.55. The quantitative estimate of drug-likeness (QED) is 0.735. The fourth-order valence-electron chi connectivity index (χ4n) is 3.55. The van der Waals surface area contributed by atoms with Crippen LogP contribution in [0.4, 0.5) is 0 Å². The van der Waals surface area contributed by atoms with Crippen molar-refractivity contribution in [1.29, 1.82) is 0 Å². The van der Waals surface area contributed by atoms with Gasteiger partial charge in [0.1, 0.15) is 5.78 Å². The molecule has 2 unspecified atom stereocenters. The Hall–Kier alpha value is -0.370. The van der Waals surface area contributed by atoms with Crippen LogP contribution in [0.1, 0.15) is 59.3 Å². The van der Waals surface area contributed by atoms with Gasteiger partial charge in [-0.3, -0.25) is 4.79 Å². The third-order valence-corrected chi connectivity index (χ3v) is 4.50. The van der Waals surface area contributed by atoms with Crippen LogP contribution < -0.4 is 0 Å². The smallest absolute Gasteiger partial charge is 0.136 e. The zero-order valence-electron chi connectivity index (χ0n) is 11.8. The Morgan fingerprint density at radius 3 is 2.18 bits per heavy atom. The van der Waals surface area contributed by atoms with E-state index in [0.717, 1.165) is 19.3 Å². The molecule has 0 saturated carbocycles. The second-order valence-electron chi connectivity index (χ2n) is 7.28. The highest BCUT2D eigenvalue weighted by Gasteiger charge is 2.38. The molecule has 2 aliphatic heterocycles. The highest BCUT2D eigenvalue weighted by atomic mass is 16.1. The zero-order valence-corrected chi connectivity index (χ0v) is 11.8. The molecular formula is C15H27NO. The van der Waals surface area contributed by atoms with E-state index < -0.39 is 0 Å². The SMILES string of the molecule is CN1C2CCCC1CC(C(=O)CC(C)(C)C)C2. The Morgan fingerprint density at radius 2 is 1.71 bits per heavy atom. The van der Waals surface area contributed by atoms with Crippen molar-refractivity contribution in [2.75, 3.05) is 7.05 Å². The van der Waals surface area contributed by atoms with Gasteiger partial charge in [0.25, 0.3) is 0 Å². The molecule has 0 aromatic carbocycles. The lowest BCUT2D eigenvalue weighted by molar-refractivity contribution is -0.128. The van der Waals surface area contributed by atoms with Crippen LogP contribution in [-0.4, -0.2) is 29.8 Å². The average Bonchev–Trinajstić information content (AvgIpc) is 2.13. The van der Waals surface area contributed by atoms with Gasteiger partial charge in [0.15, 0.2) is 0 Å². The summed E-state index contributed by atoms with van der Waals surface area (Å²) in [7, 11) is 2.25. The van der Waals surface area contributed by atoms with E-state index in [0.29, 0.717) is 23.8 Å². The molecule has 2 aliphatic rings. The summed E-state index contributed by atoms with van der Waals surface area (Å²) in [6.07, 6.45) is 6.93. The molecular weight excluding hydrogens is 210 g/mol. The van der Waals surface area contributed by atoms with Crippen LogP contribution in [0.25, 0.3) is 0 Å². The van der Waals surface area contributed by atoms with Gasteiger partial charge in [-0.15, -0.1) is 0 Å². The van der Waals surface area contributed by atoms with Gasteiger partial charge in [0.2, 0.25) is 0 Å². The van der Waals surface area contributed by atoms with Crippen molar-refractivity contribution in [3.8, 4) is 0 Å². The van der Waals surface area contributed by atoms with Crippen molar-refractivity contribution in [1.82, 2.24) is 4.90 Å². The first-order valence-corrected chi connectivity index (χ1v) is 7.11. The van der Waals surface area contributed by atoms with Crippen molar-refractivity contribution >= 4 is 5.78 Å². The molecule has 2 heterocycles. The van der Waals surface area contributed by atoms with Crippen molar-refractivity contribution in [2.24, 2.45) is 11.3 Å². The summed E-state index contributed by atoms with van der Waals surface area (Å²) in [6.45, 7) is 6.50. The lowest BCUT2D eigenvalue weighted by Gasteiger charge is -2.47. The van der Waals surface area contributed by atoms with Gasteiger partial charge in [0, 0.05) is 24.4 Å². The minimum absolute atomic E-state index is 0.148. The summed E-state index contributed by atoms with van der Waals surface area (Å²) >= 11 is 0. The number of piperidine rings is 2. The molecule has 0 radical (unpaired) electrons. The lowest BCUT2D eigenvalue weighted by Crippen LogP contribution is -2.51. The molecule has 0 amide bonds. The Balaban J connectivity index is 1.97. The monoisotopic (exact) mass is 237 g/mol. The molecule has 2 fully saturated rings. The molecule has 98 valence electrons. The van der Waals surface area contributed by atoms with Crippen molar-refractivity contribution in [2.45, 2.75) is 71.4 Å². The maximum absolute atomic E-state index is 12.3. The van der Waals surface area contributed by atoms with Crippen LogP contribution in [-0.2, 0) is 4.79 Å². The topological polar surface area (TPSA) is 20.3 Å². The standard InChI is InChI=1S/C15H27NO/c1-15(2,3)10-14(17)11-8-12-6-5-7-13(9-11)16(12)4/h11-13H,5-10H2,1-4H3. The number of Topliss-reactive ketones (excluding diaryl/α,β-unsaturated/α-hetero) is 1. The first-order chi connectivity index (χ1) is 7.87. The molecule has 2 nitrogen and oxygen atoms in total. The number of ketones is 1. The second kappa shape index (κ2) is 4.72. The third kappa shape index (κ3) is 3.09. The minimum atomic E-state index is 0.148. The van der Waals surface area contributed by atoms with Gasteiger partial charge >= 0.3 is 0 Å². The van der Waals surface area contributed by atoms with Gasteiger partial charge in [0.05, 0.1) is 0 Å². The van der Waals surface area contributed by atoms with E-state index in [2.05, 4.69) is 32.7 Å². The molecule has 0 aliphatic carbocycles. The van der Waals surface area contributed by atoms with E-state index in [4.69, 9.17) is 0 Å². The lowest BCUT2D eigenvalue weighted by atomic mass is 9.74. The molecule has 17 heavy (non-hydrogen) atoms. The maximum atomic E-state index is 12.3. The first-order valence-electron chi connectivity index (χ1n) is 7.11.